The largest absolute Gasteiger partial charge is 0.456 e. The van der Waals surface area contributed by atoms with Crippen LogP contribution in [0.15, 0.2) is 144 Å². The predicted molar refractivity (Wildman–Crippen MR) is 259 cm³/mol. The summed E-state index contributed by atoms with van der Waals surface area (Å²) in [5, 5.41) is 14.1. The number of hydrogen-bond acceptors (Lipinski definition) is 4. The lowest BCUT2D eigenvalue weighted by Gasteiger charge is -2.25. The Labute approximate surface area is 349 Å². The second kappa shape index (κ2) is 11.9. The summed E-state index contributed by atoms with van der Waals surface area (Å²) in [5.41, 5.74) is 15.7. The first-order valence-electron chi connectivity index (χ1n) is 20.4. The Kier molecular flexibility index (Phi) is 6.77. The topological polar surface area (TPSA) is 30.1 Å². The fraction of sp³-hybridized carbons (Fsp3) is 0.0943. The molecule has 1 N–H and O–H groups in total. The van der Waals surface area contributed by atoms with E-state index in [1.807, 2.05) is 22.7 Å². The maximum absolute atomic E-state index is 6.58. The van der Waals surface area contributed by atoms with E-state index in [4.69, 9.17) is 4.42 Å². The van der Waals surface area contributed by atoms with E-state index < -0.39 is 0 Å². The Morgan fingerprint density at radius 2 is 1.25 bits per heavy atom. The first-order chi connectivity index (χ1) is 28.7. The summed E-state index contributed by atoms with van der Waals surface area (Å²) in [4.78, 5) is 0. The molecule has 12 aromatic rings. The van der Waals surface area contributed by atoms with E-state index in [1.165, 1.54) is 101 Å². The molecule has 0 aliphatic carbocycles. The van der Waals surface area contributed by atoms with E-state index in [-0.39, 0.29) is 5.41 Å². The van der Waals surface area contributed by atoms with Crippen molar-refractivity contribution in [3.05, 3.63) is 151 Å². The highest BCUT2D eigenvalue weighted by Crippen LogP contribution is 2.46. The van der Waals surface area contributed by atoms with Crippen LogP contribution in [0.2, 0.25) is 0 Å². The van der Waals surface area contributed by atoms with Gasteiger partial charge in [-0.2, -0.15) is 0 Å². The summed E-state index contributed by atoms with van der Waals surface area (Å²) in [5.74, 6) is 0. The minimum Gasteiger partial charge on any atom is -0.456 e. The van der Waals surface area contributed by atoms with Gasteiger partial charge in [-0.05, 0) is 95.2 Å². The molecule has 5 heterocycles. The van der Waals surface area contributed by atoms with Crippen LogP contribution in [0.4, 0.5) is 11.4 Å². The smallest absolute Gasteiger partial charge is 0.198 e. The minimum absolute atomic E-state index is 0.0844. The Hall–Kier alpha value is -6.34. The molecule has 13 rings (SSSR count). The molecule has 0 saturated heterocycles. The molecule has 6 heteroatoms. The molecule has 3 nitrogen and oxygen atoms in total. The zero-order valence-corrected chi connectivity index (χ0v) is 34.8. The van der Waals surface area contributed by atoms with Gasteiger partial charge in [0.1, 0.15) is 11.2 Å². The number of nitrogens with one attached hydrogen (secondary N) is 1. The molecule has 1 aliphatic rings. The number of aromatic nitrogens is 1. The Morgan fingerprint density at radius 1 is 0.576 bits per heavy atom. The summed E-state index contributed by atoms with van der Waals surface area (Å²) in [7, 11) is 0.836. The average Bonchev–Trinajstić information content (AvgIpc) is 3.99. The number of rotatable bonds is 3. The second-order valence-corrected chi connectivity index (χ2v) is 19.6. The number of thiophene rings is 2. The monoisotopic (exact) mass is 792 g/mol. The minimum atomic E-state index is 0.0844. The van der Waals surface area contributed by atoms with Crippen LogP contribution in [0.3, 0.4) is 0 Å². The van der Waals surface area contributed by atoms with Gasteiger partial charge in [0, 0.05) is 96.1 Å². The molecule has 0 spiro atoms. The lowest BCUT2D eigenvalue weighted by Crippen LogP contribution is -2.37. The number of anilines is 2. The number of fused-ring (bicyclic) bond motifs is 14. The van der Waals surface area contributed by atoms with Crippen LogP contribution in [0.5, 0.6) is 0 Å². The van der Waals surface area contributed by atoms with Crippen molar-refractivity contribution in [3.63, 3.8) is 0 Å². The molecule has 0 bridgehead atoms. The third-order valence-electron chi connectivity index (χ3n) is 12.9. The molecule has 8 aromatic carbocycles. The van der Waals surface area contributed by atoms with E-state index >= 15 is 0 Å². The molecule has 1 aliphatic heterocycles. The normalized spacial score (nSPS) is 12.9. The summed E-state index contributed by atoms with van der Waals surface area (Å²) in [6.07, 6.45) is 0. The van der Waals surface area contributed by atoms with Crippen molar-refractivity contribution in [1.82, 2.24) is 4.57 Å². The molecule has 0 unspecified atom stereocenters. The number of benzene rings is 8. The van der Waals surface area contributed by atoms with Gasteiger partial charge >= 0.3 is 0 Å². The third kappa shape index (κ3) is 4.82. The molecule has 0 radical (unpaired) electrons. The third-order valence-corrected chi connectivity index (χ3v) is 15.1. The Bertz CT molecular complexity index is 3780. The highest BCUT2D eigenvalue weighted by atomic mass is 32.1. The highest BCUT2D eigenvalue weighted by molar-refractivity contribution is 7.26. The highest BCUT2D eigenvalue weighted by Gasteiger charge is 2.30. The van der Waals surface area contributed by atoms with E-state index in [9.17, 15) is 0 Å². The molecule has 0 amide bonds. The van der Waals surface area contributed by atoms with Gasteiger partial charge in [-0.3, -0.25) is 0 Å². The van der Waals surface area contributed by atoms with Crippen LogP contribution in [0.1, 0.15) is 31.9 Å². The van der Waals surface area contributed by atoms with Gasteiger partial charge in [-0.1, -0.05) is 99.0 Å². The van der Waals surface area contributed by atoms with Crippen LogP contribution >= 0.6 is 22.7 Å². The molecule has 0 fully saturated rings. The van der Waals surface area contributed by atoms with Gasteiger partial charge < -0.3 is 14.3 Å². The Morgan fingerprint density at radius 3 is 2.00 bits per heavy atom. The number of nitrogens with zero attached hydrogens (tertiary/aromatic N) is 1. The van der Waals surface area contributed by atoms with Gasteiger partial charge in [-0.25, -0.2) is 0 Å². The first-order valence-corrected chi connectivity index (χ1v) is 22.1. The lowest BCUT2D eigenvalue weighted by atomic mass is 9.58. The van der Waals surface area contributed by atoms with E-state index in [1.54, 1.807) is 0 Å². The SMILES string of the molecule is Cc1cc(-c2cc3c(cc2Nc2ccc(C(C)(C)C)cc2)sc2ccccc23)c2c3c1c1cc4c(cc1n3-c1cc3c(cc1B2)sc1ccccc13)oc1ccccc14. The molecule has 59 heavy (non-hydrogen) atoms. The van der Waals surface area contributed by atoms with Crippen LogP contribution in [0.25, 0.3) is 101 Å². The van der Waals surface area contributed by atoms with Crippen molar-refractivity contribution < 1.29 is 4.42 Å². The number of hydrogen-bond donors (Lipinski definition) is 1. The van der Waals surface area contributed by atoms with Gasteiger partial charge in [0.15, 0.2) is 7.28 Å². The van der Waals surface area contributed by atoms with E-state index in [0.717, 1.165) is 40.6 Å². The predicted octanol–water partition coefficient (Wildman–Crippen LogP) is 14.1. The van der Waals surface area contributed by atoms with Crippen molar-refractivity contribution in [2.24, 2.45) is 0 Å². The molecular weight excluding hydrogens is 756 g/mol. The summed E-state index contributed by atoms with van der Waals surface area (Å²) < 4.78 is 14.4. The fourth-order valence-electron chi connectivity index (χ4n) is 10.0. The van der Waals surface area contributed by atoms with Crippen molar-refractivity contribution in [1.29, 1.82) is 0 Å². The van der Waals surface area contributed by atoms with Crippen molar-refractivity contribution >= 4 is 136 Å². The molecule has 0 atom stereocenters. The van der Waals surface area contributed by atoms with Crippen molar-refractivity contribution in [2.45, 2.75) is 33.1 Å². The molecular formula is C53H37BN2OS2. The van der Waals surface area contributed by atoms with Gasteiger partial charge in [-0.15, -0.1) is 22.7 Å². The van der Waals surface area contributed by atoms with E-state index in [2.05, 4.69) is 177 Å². The molecule has 280 valence electrons. The van der Waals surface area contributed by atoms with Crippen molar-refractivity contribution in [2.75, 3.05) is 5.32 Å². The lowest BCUT2D eigenvalue weighted by molar-refractivity contribution is 0.590. The summed E-state index contributed by atoms with van der Waals surface area (Å²) in [6.45, 7) is 9.13. The Balaban J connectivity index is 1.13. The van der Waals surface area contributed by atoms with Gasteiger partial charge in [0.05, 0.1) is 5.52 Å². The maximum atomic E-state index is 6.58. The molecule has 0 saturated carbocycles. The van der Waals surface area contributed by atoms with Crippen LogP contribution < -0.4 is 16.2 Å². The number of furan rings is 1. The fourth-order valence-corrected chi connectivity index (χ4v) is 12.3. The van der Waals surface area contributed by atoms with Crippen LogP contribution in [-0.2, 0) is 5.41 Å². The van der Waals surface area contributed by atoms with Crippen molar-refractivity contribution in [3.8, 4) is 16.8 Å². The van der Waals surface area contributed by atoms with Crippen LogP contribution in [0, 0.1) is 6.92 Å². The zero-order valence-electron chi connectivity index (χ0n) is 33.2. The second-order valence-electron chi connectivity index (χ2n) is 17.4. The first kappa shape index (κ1) is 33.6. The summed E-state index contributed by atoms with van der Waals surface area (Å²) >= 11 is 3.77. The number of para-hydroxylation sites is 1. The molecule has 4 aromatic heterocycles. The van der Waals surface area contributed by atoms with Gasteiger partial charge in [0.25, 0.3) is 0 Å². The number of aryl methyl sites for hydroxylation is 1. The average molecular weight is 793 g/mol. The van der Waals surface area contributed by atoms with E-state index in [0.29, 0.717) is 0 Å². The zero-order chi connectivity index (χ0) is 39.3. The maximum Gasteiger partial charge on any atom is 0.198 e. The van der Waals surface area contributed by atoms with Crippen LogP contribution in [-0.4, -0.2) is 11.8 Å². The summed E-state index contributed by atoms with van der Waals surface area (Å²) in [6, 6.07) is 52.1. The van der Waals surface area contributed by atoms with Gasteiger partial charge in [0.2, 0.25) is 0 Å². The quantitative estimate of drug-likeness (QED) is 0.181. The standard InChI is InChI=1S/C53H37BN2OS2/c1-28-21-38(34-22-36-32-12-6-9-15-46(32)59-49(36)26-41(34)55-30-19-17-29(18-20-30)53(2,3)4)51-52-50(28)39-23-35-31-11-5-8-14-44(31)57-45(35)27-42(39)56(52)43-24-37-33-13-7-10-16-47(33)58-48(37)25-40(43)54-51/h5-27,54-55H,1-4H3.